The predicted molar refractivity (Wildman–Crippen MR) is 66.9 cm³/mol. The van der Waals surface area contributed by atoms with Gasteiger partial charge in [0, 0.05) is 39.8 Å². The van der Waals surface area contributed by atoms with Crippen LogP contribution in [0.5, 0.6) is 0 Å². The summed E-state index contributed by atoms with van der Waals surface area (Å²) in [5.41, 5.74) is 0.721. The van der Waals surface area contributed by atoms with Gasteiger partial charge < -0.3 is 9.64 Å². The van der Waals surface area contributed by atoms with Gasteiger partial charge in [-0.25, -0.2) is 4.39 Å². The molecule has 4 heteroatoms. The van der Waals surface area contributed by atoms with Crippen molar-refractivity contribution in [3.63, 3.8) is 0 Å². The van der Waals surface area contributed by atoms with Crippen molar-refractivity contribution in [3.05, 3.63) is 30.1 Å². The predicted octanol–water partition coefficient (Wildman–Crippen LogP) is 1.59. The van der Waals surface area contributed by atoms with E-state index in [1.54, 1.807) is 13.2 Å². The molecule has 0 saturated carbocycles. The van der Waals surface area contributed by atoms with Crippen molar-refractivity contribution in [1.82, 2.24) is 4.90 Å². The van der Waals surface area contributed by atoms with Crippen molar-refractivity contribution >= 4 is 5.69 Å². The largest absolute Gasteiger partial charge is 0.383 e. The van der Waals surface area contributed by atoms with Crippen molar-refractivity contribution in [2.24, 2.45) is 0 Å². The fourth-order valence-corrected chi connectivity index (χ4v) is 2.14. The van der Waals surface area contributed by atoms with Crippen LogP contribution in [0.2, 0.25) is 0 Å². The zero-order chi connectivity index (χ0) is 12.1. The molecule has 0 aliphatic carbocycles. The highest BCUT2D eigenvalue weighted by Gasteiger charge is 2.18. The summed E-state index contributed by atoms with van der Waals surface area (Å²) in [4.78, 5) is 4.46. The first-order chi connectivity index (χ1) is 8.31. The Hall–Kier alpha value is -1.13. The number of hydrogen-bond donors (Lipinski definition) is 0. The molecule has 0 radical (unpaired) electrons. The monoisotopic (exact) mass is 238 g/mol. The SMILES string of the molecule is COCCN1CCN(c2ccccc2F)CC1. The Labute approximate surface area is 102 Å². The molecule has 1 saturated heterocycles. The zero-order valence-corrected chi connectivity index (χ0v) is 10.2. The maximum atomic E-state index is 13.6. The molecule has 0 amide bonds. The molecule has 2 rings (SSSR count). The van der Waals surface area contributed by atoms with Crippen LogP contribution in [0.25, 0.3) is 0 Å². The lowest BCUT2D eigenvalue weighted by Gasteiger charge is -2.36. The lowest BCUT2D eigenvalue weighted by molar-refractivity contribution is 0.144. The minimum atomic E-state index is -0.127. The fraction of sp³-hybridized carbons (Fsp3) is 0.538. The summed E-state index contributed by atoms with van der Waals surface area (Å²) in [5.74, 6) is -0.127. The van der Waals surface area contributed by atoms with Crippen LogP contribution >= 0.6 is 0 Å². The Balaban J connectivity index is 1.89. The van der Waals surface area contributed by atoms with E-state index in [-0.39, 0.29) is 5.82 Å². The number of methoxy groups -OCH3 is 1. The molecule has 17 heavy (non-hydrogen) atoms. The van der Waals surface area contributed by atoms with E-state index in [2.05, 4.69) is 9.80 Å². The standard InChI is InChI=1S/C13H19FN2O/c1-17-11-10-15-6-8-16(9-7-15)13-5-3-2-4-12(13)14/h2-5H,6-11H2,1H3. The molecule has 0 bridgehead atoms. The van der Waals surface area contributed by atoms with E-state index in [4.69, 9.17) is 4.74 Å². The Morgan fingerprint density at radius 2 is 1.88 bits per heavy atom. The number of piperazine rings is 1. The van der Waals surface area contributed by atoms with Crippen LogP contribution in [0, 0.1) is 5.82 Å². The molecule has 0 aromatic heterocycles. The van der Waals surface area contributed by atoms with Gasteiger partial charge in [0.2, 0.25) is 0 Å². The summed E-state index contributed by atoms with van der Waals surface area (Å²) in [6.07, 6.45) is 0. The molecular weight excluding hydrogens is 219 g/mol. The molecule has 1 fully saturated rings. The average Bonchev–Trinajstić information content (AvgIpc) is 2.38. The van der Waals surface area contributed by atoms with Crippen molar-refractivity contribution in [2.75, 3.05) is 51.3 Å². The fourth-order valence-electron chi connectivity index (χ4n) is 2.14. The Kier molecular flexibility index (Phi) is 4.34. The van der Waals surface area contributed by atoms with Crippen molar-refractivity contribution < 1.29 is 9.13 Å². The lowest BCUT2D eigenvalue weighted by Crippen LogP contribution is -2.47. The summed E-state index contributed by atoms with van der Waals surface area (Å²) in [6.45, 7) is 5.42. The minimum Gasteiger partial charge on any atom is -0.383 e. The molecule has 0 unspecified atom stereocenters. The zero-order valence-electron chi connectivity index (χ0n) is 10.2. The van der Waals surface area contributed by atoms with Crippen LogP contribution in [0.1, 0.15) is 0 Å². The second-order valence-electron chi connectivity index (χ2n) is 4.27. The summed E-state index contributed by atoms with van der Waals surface area (Å²) in [5, 5.41) is 0. The van der Waals surface area contributed by atoms with E-state index >= 15 is 0 Å². The number of nitrogens with zero attached hydrogens (tertiary/aromatic N) is 2. The van der Waals surface area contributed by atoms with Crippen LogP contribution in [0.15, 0.2) is 24.3 Å². The van der Waals surface area contributed by atoms with Crippen LogP contribution in [0.3, 0.4) is 0 Å². The molecule has 1 aromatic rings. The van der Waals surface area contributed by atoms with E-state index in [1.807, 2.05) is 12.1 Å². The third kappa shape index (κ3) is 3.17. The summed E-state index contributed by atoms with van der Waals surface area (Å²) in [7, 11) is 1.72. The van der Waals surface area contributed by atoms with E-state index < -0.39 is 0 Å². The van der Waals surface area contributed by atoms with Crippen molar-refractivity contribution in [1.29, 1.82) is 0 Å². The second kappa shape index (κ2) is 5.98. The Morgan fingerprint density at radius 3 is 2.53 bits per heavy atom. The number of halogens is 1. The smallest absolute Gasteiger partial charge is 0.146 e. The van der Waals surface area contributed by atoms with Crippen molar-refractivity contribution in [3.8, 4) is 0 Å². The maximum Gasteiger partial charge on any atom is 0.146 e. The minimum absolute atomic E-state index is 0.127. The topological polar surface area (TPSA) is 15.7 Å². The second-order valence-corrected chi connectivity index (χ2v) is 4.27. The van der Waals surface area contributed by atoms with Gasteiger partial charge in [0.05, 0.1) is 12.3 Å². The van der Waals surface area contributed by atoms with Gasteiger partial charge >= 0.3 is 0 Å². The molecule has 1 aliphatic rings. The summed E-state index contributed by atoms with van der Waals surface area (Å²) >= 11 is 0. The molecule has 1 aromatic carbocycles. The average molecular weight is 238 g/mol. The van der Waals surface area contributed by atoms with E-state index in [0.29, 0.717) is 0 Å². The van der Waals surface area contributed by atoms with Gasteiger partial charge in [-0.15, -0.1) is 0 Å². The van der Waals surface area contributed by atoms with E-state index in [9.17, 15) is 4.39 Å². The third-order valence-corrected chi connectivity index (χ3v) is 3.18. The highest BCUT2D eigenvalue weighted by Crippen LogP contribution is 2.19. The van der Waals surface area contributed by atoms with Gasteiger partial charge in [-0.3, -0.25) is 4.90 Å². The number of para-hydroxylation sites is 1. The van der Waals surface area contributed by atoms with Gasteiger partial charge in [0.15, 0.2) is 0 Å². The Bertz CT molecular complexity index is 351. The Morgan fingerprint density at radius 1 is 1.18 bits per heavy atom. The lowest BCUT2D eigenvalue weighted by atomic mass is 10.2. The first kappa shape index (κ1) is 12.3. The number of hydrogen-bond acceptors (Lipinski definition) is 3. The molecular formula is C13H19FN2O. The van der Waals surface area contributed by atoms with Crippen molar-refractivity contribution in [2.45, 2.75) is 0 Å². The van der Waals surface area contributed by atoms with Crippen LogP contribution in [-0.2, 0) is 4.74 Å². The van der Waals surface area contributed by atoms with Gasteiger partial charge in [0.25, 0.3) is 0 Å². The van der Waals surface area contributed by atoms with E-state index in [0.717, 1.165) is 45.0 Å². The highest BCUT2D eigenvalue weighted by atomic mass is 19.1. The first-order valence-electron chi connectivity index (χ1n) is 6.02. The number of benzene rings is 1. The summed E-state index contributed by atoms with van der Waals surface area (Å²) < 4.78 is 18.7. The van der Waals surface area contributed by atoms with Gasteiger partial charge in [-0.2, -0.15) is 0 Å². The maximum absolute atomic E-state index is 13.6. The highest BCUT2D eigenvalue weighted by molar-refractivity contribution is 5.47. The number of anilines is 1. The molecule has 1 aliphatic heterocycles. The van der Waals surface area contributed by atoms with Gasteiger partial charge in [-0.05, 0) is 12.1 Å². The quantitative estimate of drug-likeness (QED) is 0.792. The molecule has 94 valence electrons. The molecule has 3 nitrogen and oxygen atoms in total. The molecule has 1 heterocycles. The first-order valence-corrected chi connectivity index (χ1v) is 6.02. The van der Waals surface area contributed by atoms with E-state index in [1.165, 1.54) is 6.07 Å². The molecule has 0 spiro atoms. The molecule has 0 atom stereocenters. The van der Waals surface area contributed by atoms with Gasteiger partial charge in [0.1, 0.15) is 5.82 Å². The van der Waals surface area contributed by atoms with Crippen LogP contribution < -0.4 is 4.90 Å². The van der Waals surface area contributed by atoms with Crippen LogP contribution in [0.4, 0.5) is 10.1 Å². The van der Waals surface area contributed by atoms with Gasteiger partial charge in [-0.1, -0.05) is 12.1 Å². The third-order valence-electron chi connectivity index (χ3n) is 3.18. The number of rotatable bonds is 4. The number of ether oxygens (including phenoxy) is 1. The normalized spacial score (nSPS) is 17.4. The van der Waals surface area contributed by atoms with Crippen LogP contribution in [-0.4, -0.2) is 51.3 Å². The molecule has 0 N–H and O–H groups in total. The summed E-state index contributed by atoms with van der Waals surface area (Å²) in [6, 6.07) is 6.98.